The number of nitrogens with one attached hydrogen (secondary N) is 1. The van der Waals surface area contributed by atoms with Crippen molar-refractivity contribution >= 4 is 11.6 Å². The van der Waals surface area contributed by atoms with Crippen LogP contribution in [0.5, 0.6) is 0 Å². The highest BCUT2D eigenvalue weighted by Crippen LogP contribution is 1.97. The van der Waals surface area contributed by atoms with E-state index in [-0.39, 0.29) is 0 Å². The number of hydrogen-bond acceptors (Lipinski definition) is 3. The molecule has 0 aliphatic carbocycles. The van der Waals surface area contributed by atoms with Gasteiger partial charge in [0.25, 0.3) is 5.91 Å². The number of carbonyl (C=O) groups excluding carboxylic acids is 1. The summed E-state index contributed by atoms with van der Waals surface area (Å²) < 4.78 is 0. The Morgan fingerprint density at radius 2 is 2.07 bits per heavy atom. The second-order valence-corrected chi connectivity index (χ2v) is 3.21. The maximum Gasteiger partial charge on any atom is 0.264 e. The Morgan fingerprint density at radius 3 is 2.67 bits per heavy atom. The van der Waals surface area contributed by atoms with Crippen LogP contribution < -0.4 is 11.2 Å². The van der Waals surface area contributed by atoms with Crippen molar-refractivity contribution in [2.24, 2.45) is 10.8 Å². The van der Waals surface area contributed by atoms with Crippen LogP contribution in [0, 0.1) is 0 Å². The maximum absolute atomic E-state index is 10.6. The molecule has 0 aromatic heterocycles. The molecule has 80 valence electrons. The number of nitrogens with two attached hydrogens (primary N) is 1. The smallest absolute Gasteiger partial charge is 0.264 e. The number of hydrogen-bond donors (Lipinski definition) is 2. The molecule has 0 fully saturated rings. The third kappa shape index (κ3) is 4.26. The quantitative estimate of drug-likeness (QED) is 0.421. The van der Waals surface area contributed by atoms with E-state index < -0.39 is 5.91 Å². The van der Waals surface area contributed by atoms with Gasteiger partial charge in [0, 0.05) is 6.54 Å². The maximum atomic E-state index is 10.6. The number of carbonyl (C=O) groups is 1. The molecule has 0 atom stereocenters. The topological polar surface area (TPSA) is 67.5 Å². The normalized spacial score (nSPS) is 11.1. The minimum Gasteiger partial charge on any atom is -0.365 e. The average Bonchev–Trinajstić information content (AvgIpc) is 2.25. The largest absolute Gasteiger partial charge is 0.365 e. The van der Waals surface area contributed by atoms with Crippen LogP contribution in [0.3, 0.4) is 0 Å². The summed E-state index contributed by atoms with van der Waals surface area (Å²) in [5.41, 5.74) is 9.35. The predicted octanol–water partition coefficient (Wildman–Crippen LogP) is 0.680. The molecule has 4 nitrogen and oxygen atoms in total. The fourth-order valence-electron chi connectivity index (χ4n) is 1.07. The molecule has 1 rings (SSSR count). The molecule has 1 aromatic rings. The molecular formula is C11H15N3O. The van der Waals surface area contributed by atoms with Crippen LogP contribution in [0.2, 0.25) is 0 Å². The summed E-state index contributed by atoms with van der Waals surface area (Å²) in [6.07, 6.45) is 0.871. The van der Waals surface area contributed by atoms with Gasteiger partial charge in [0.05, 0.1) is 0 Å². The van der Waals surface area contributed by atoms with E-state index in [4.69, 9.17) is 5.73 Å². The van der Waals surface area contributed by atoms with Gasteiger partial charge in [0.15, 0.2) is 0 Å². The number of rotatable bonds is 5. The van der Waals surface area contributed by atoms with Gasteiger partial charge in [-0.05, 0) is 18.9 Å². The molecular weight excluding hydrogens is 190 g/mol. The second-order valence-electron chi connectivity index (χ2n) is 3.21. The molecule has 0 bridgehead atoms. The van der Waals surface area contributed by atoms with Gasteiger partial charge in [-0.15, -0.1) is 0 Å². The zero-order valence-electron chi connectivity index (χ0n) is 8.73. The average molecular weight is 205 g/mol. The minimum atomic E-state index is -0.498. The lowest BCUT2D eigenvalue weighted by Crippen LogP contribution is -2.23. The molecule has 0 radical (unpaired) electrons. The SMILES string of the molecule is C/C(=N/NCCc1ccccc1)C(N)=O. The molecule has 0 saturated carbocycles. The van der Waals surface area contributed by atoms with Crippen LogP contribution in [0.15, 0.2) is 35.4 Å². The summed E-state index contributed by atoms with van der Waals surface area (Å²) in [6.45, 7) is 2.27. The highest BCUT2D eigenvalue weighted by atomic mass is 16.1. The van der Waals surface area contributed by atoms with Gasteiger partial charge in [-0.2, -0.15) is 5.10 Å². The van der Waals surface area contributed by atoms with Crippen molar-refractivity contribution < 1.29 is 4.79 Å². The molecule has 1 amide bonds. The van der Waals surface area contributed by atoms with Crippen LogP contribution in [-0.2, 0) is 11.2 Å². The number of benzene rings is 1. The van der Waals surface area contributed by atoms with Gasteiger partial charge in [-0.3, -0.25) is 4.79 Å². The highest BCUT2D eigenvalue weighted by molar-refractivity contribution is 6.37. The molecule has 1 aromatic carbocycles. The molecule has 0 aliphatic rings. The fraction of sp³-hybridized carbons (Fsp3) is 0.273. The zero-order valence-corrected chi connectivity index (χ0v) is 8.73. The second kappa shape index (κ2) is 5.80. The lowest BCUT2D eigenvalue weighted by Gasteiger charge is -2.01. The van der Waals surface area contributed by atoms with Crippen molar-refractivity contribution in [3.63, 3.8) is 0 Å². The van der Waals surface area contributed by atoms with E-state index in [0.29, 0.717) is 12.3 Å². The predicted molar refractivity (Wildman–Crippen MR) is 60.5 cm³/mol. The van der Waals surface area contributed by atoms with E-state index in [1.54, 1.807) is 6.92 Å². The van der Waals surface area contributed by atoms with Gasteiger partial charge in [-0.25, -0.2) is 0 Å². The Morgan fingerprint density at radius 1 is 1.40 bits per heavy atom. The highest BCUT2D eigenvalue weighted by Gasteiger charge is 1.97. The van der Waals surface area contributed by atoms with Crippen LogP contribution in [-0.4, -0.2) is 18.2 Å². The Bertz CT molecular complexity index is 346. The summed E-state index contributed by atoms with van der Waals surface area (Å²) in [4.78, 5) is 10.6. The summed E-state index contributed by atoms with van der Waals surface area (Å²) >= 11 is 0. The molecule has 0 unspecified atom stereocenters. The molecule has 0 aliphatic heterocycles. The third-order valence-electron chi connectivity index (χ3n) is 1.97. The first-order chi connectivity index (χ1) is 7.20. The fourth-order valence-corrected chi connectivity index (χ4v) is 1.07. The van der Waals surface area contributed by atoms with Crippen LogP contribution in [0.1, 0.15) is 12.5 Å². The van der Waals surface area contributed by atoms with Crippen molar-refractivity contribution in [3.8, 4) is 0 Å². The molecule has 0 saturated heterocycles. The Labute approximate surface area is 89.2 Å². The van der Waals surface area contributed by atoms with Crippen LogP contribution in [0.4, 0.5) is 0 Å². The first-order valence-corrected chi connectivity index (χ1v) is 4.81. The van der Waals surface area contributed by atoms with Gasteiger partial charge < -0.3 is 11.2 Å². The Kier molecular flexibility index (Phi) is 4.34. The summed E-state index contributed by atoms with van der Waals surface area (Å²) in [6, 6.07) is 10.1. The monoisotopic (exact) mass is 205 g/mol. The molecule has 3 N–H and O–H groups in total. The summed E-state index contributed by atoms with van der Waals surface area (Å²) in [7, 11) is 0. The van der Waals surface area contributed by atoms with Crippen molar-refractivity contribution in [2.75, 3.05) is 6.54 Å². The minimum absolute atomic E-state index is 0.295. The summed E-state index contributed by atoms with van der Waals surface area (Å²) in [5, 5.41) is 3.83. The van der Waals surface area contributed by atoms with E-state index in [1.165, 1.54) is 5.56 Å². The van der Waals surface area contributed by atoms with Gasteiger partial charge >= 0.3 is 0 Å². The van der Waals surface area contributed by atoms with E-state index in [1.807, 2.05) is 30.3 Å². The van der Waals surface area contributed by atoms with Gasteiger partial charge in [-0.1, -0.05) is 30.3 Å². The number of hydrazone groups is 1. The van der Waals surface area contributed by atoms with Crippen molar-refractivity contribution in [1.82, 2.24) is 5.43 Å². The summed E-state index contributed by atoms with van der Waals surface area (Å²) in [5.74, 6) is -0.498. The van der Waals surface area contributed by atoms with E-state index in [2.05, 4.69) is 10.5 Å². The third-order valence-corrected chi connectivity index (χ3v) is 1.97. The molecule has 0 heterocycles. The van der Waals surface area contributed by atoms with E-state index in [0.717, 1.165) is 6.42 Å². The van der Waals surface area contributed by atoms with Crippen LogP contribution in [0.25, 0.3) is 0 Å². The van der Waals surface area contributed by atoms with Gasteiger partial charge in [0.2, 0.25) is 0 Å². The Balaban J connectivity index is 2.29. The van der Waals surface area contributed by atoms with Gasteiger partial charge in [0.1, 0.15) is 5.71 Å². The standard InChI is InChI=1S/C11H15N3O/c1-9(11(12)15)14-13-8-7-10-5-3-2-4-6-10/h2-6,13H,7-8H2,1H3,(H2,12,15)/b14-9-. The Hall–Kier alpha value is -1.84. The molecule has 15 heavy (non-hydrogen) atoms. The van der Waals surface area contributed by atoms with E-state index in [9.17, 15) is 4.79 Å². The lowest BCUT2D eigenvalue weighted by molar-refractivity contribution is -0.112. The van der Waals surface area contributed by atoms with Crippen molar-refractivity contribution in [2.45, 2.75) is 13.3 Å². The first-order valence-electron chi connectivity index (χ1n) is 4.81. The van der Waals surface area contributed by atoms with Crippen LogP contribution >= 0.6 is 0 Å². The zero-order chi connectivity index (χ0) is 11.1. The lowest BCUT2D eigenvalue weighted by atomic mass is 10.2. The molecule has 4 heteroatoms. The number of primary amides is 1. The first kappa shape index (κ1) is 11.2. The van der Waals surface area contributed by atoms with E-state index >= 15 is 0 Å². The number of amides is 1. The van der Waals surface area contributed by atoms with Crippen molar-refractivity contribution in [3.05, 3.63) is 35.9 Å². The van der Waals surface area contributed by atoms with Crippen molar-refractivity contribution in [1.29, 1.82) is 0 Å². The molecule has 0 spiro atoms. The number of nitrogens with zero attached hydrogens (tertiary/aromatic N) is 1.